The normalized spacial score (nSPS) is 22.6. The Kier molecular flexibility index (Phi) is 9.25. The average molecular weight is 341 g/mol. The summed E-state index contributed by atoms with van der Waals surface area (Å²) < 4.78 is 0. The lowest BCUT2D eigenvalue weighted by Crippen LogP contribution is -2.62. The molecule has 1 heterocycles. The van der Waals surface area contributed by atoms with Gasteiger partial charge in [0.25, 0.3) is 0 Å². The Morgan fingerprint density at radius 1 is 0.917 bits per heavy atom. The van der Waals surface area contributed by atoms with Crippen LogP contribution in [-0.2, 0) is 4.84 Å². The lowest BCUT2D eigenvalue weighted by Gasteiger charge is -2.55. The highest BCUT2D eigenvalue weighted by Crippen LogP contribution is 2.43. The maximum Gasteiger partial charge on any atom is 0.0685 e. The van der Waals surface area contributed by atoms with E-state index in [4.69, 9.17) is 10.6 Å². The first-order valence-corrected chi connectivity index (χ1v) is 10.4. The van der Waals surface area contributed by atoms with Gasteiger partial charge in [-0.2, -0.15) is 5.06 Å². The van der Waals surface area contributed by atoms with Crippen molar-refractivity contribution in [1.29, 1.82) is 0 Å². The highest BCUT2D eigenvalue weighted by Gasteiger charge is 2.47. The molecule has 0 spiro atoms. The third-order valence-electron chi connectivity index (χ3n) is 5.57. The predicted octanol–water partition coefficient (Wildman–Crippen LogP) is 5.68. The topological polar surface area (TPSA) is 38.5 Å². The van der Waals surface area contributed by atoms with E-state index in [2.05, 4.69) is 46.6 Å². The Morgan fingerprint density at radius 3 is 2.00 bits per heavy atom. The highest BCUT2D eigenvalue weighted by atomic mass is 16.7. The van der Waals surface area contributed by atoms with Gasteiger partial charge in [-0.15, -0.1) is 0 Å². The Bertz CT molecular complexity index is 323. The van der Waals surface area contributed by atoms with Crippen molar-refractivity contribution < 1.29 is 4.84 Å². The van der Waals surface area contributed by atoms with Gasteiger partial charge in [-0.1, -0.05) is 52.4 Å². The lowest BCUT2D eigenvalue weighted by molar-refractivity contribution is -0.289. The van der Waals surface area contributed by atoms with Gasteiger partial charge >= 0.3 is 0 Å². The first-order chi connectivity index (χ1) is 11.2. The van der Waals surface area contributed by atoms with Crippen molar-refractivity contribution in [2.24, 2.45) is 11.7 Å². The van der Waals surface area contributed by atoms with Gasteiger partial charge in [-0.25, -0.2) is 0 Å². The minimum Gasteiger partial charge on any atom is -0.327 e. The van der Waals surface area contributed by atoms with Crippen LogP contribution in [0.2, 0.25) is 0 Å². The zero-order valence-electron chi connectivity index (χ0n) is 17.4. The summed E-state index contributed by atoms with van der Waals surface area (Å²) in [6.07, 6.45) is 12.4. The molecule has 1 saturated heterocycles. The van der Waals surface area contributed by atoms with Crippen LogP contribution >= 0.6 is 0 Å². The van der Waals surface area contributed by atoms with E-state index in [0.29, 0.717) is 12.0 Å². The highest BCUT2D eigenvalue weighted by molar-refractivity contribution is 4.99. The maximum atomic E-state index is 6.47. The molecule has 0 aromatic heterocycles. The average Bonchev–Trinajstić information content (AvgIpc) is 2.47. The molecule has 3 heteroatoms. The molecule has 0 bridgehead atoms. The quantitative estimate of drug-likeness (QED) is 0.492. The van der Waals surface area contributed by atoms with E-state index in [9.17, 15) is 0 Å². The van der Waals surface area contributed by atoms with E-state index in [1.807, 2.05) is 0 Å². The van der Waals surface area contributed by atoms with Crippen LogP contribution in [0.15, 0.2) is 0 Å². The predicted molar refractivity (Wildman–Crippen MR) is 105 cm³/mol. The van der Waals surface area contributed by atoms with Gasteiger partial charge in [-0.3, -0.25) is 4.84 Å². The standard InChI is InChI=1S/C21H44N2O/c1-7-9-10-11-12-13-15-24-23-20(3,4)16-18(17-21(23,5)6)19(22)14-8-2/h18-19H,7-17,22H2,1-6H3. The van der Waals surface area contributed by atoms with Gasteiger partial charge in [0.05, 0.1) is 6.61 Å². The summed E-state index contributed by atoms with van der Waals surface area (Å²) in [5.41, 5.74) is 6.58. The summed E-state index contributed by atoms with van der Waals surface area (Å²) in [7, 11) is 0. The smallest absolute Gasteiger partial charge is 0.0685 e. The number of nitrogens with zero attached hydrogens (tertiary/aromatic N) is 1. The van der Waals surface area contributed by atoms with Crippen LogP contribution in [0.5, 0.6) is 0 Å². The van der Waals surface area contributed by atoms with Gasteiger partial charge in [0, 0.05) is 17.1 Å². The van der Waals surface area contributed by atoms with Crippen molar-refractivity contribution in [2.45, 2.75) is 123 Å². The summed E-state index contributed by atoms with van der Waals surface area (Å²) in [6.45, 7) is 14.6. The molecule has 0 aromatic rings. The van der Waals surface area contributed by atoms with Crippen molar-refractivity contribution in [2.75, 3.05) is 6.61 Å². The molecule has 0 amide bonds. The van der Waals surface area contributed by atoms with Crippen LogP contribution in [0.1, 0.15) is 106 Å². The number of hydrogen-bond donors (Lipinski definition) is 1. The minimum absolute atomic E-state index is 0.0555. The molecule has 24 heavy (non-hydrogen) atoms. The van der Waals surface area contributed by atoms with Crippen molar-refractivity contribution in [3.05, 3.63) is 0 Å². The molecular formula is C21H44N2O. The molecule has 1 rings (SSSR count). The zero-order valence-corrected chi connectivity index (χ0v) is 17.4. The summed E-state index contributed by atoms with van der Waals surface area (Å²) in [6, 6.07) is 0.328. The van der Waals surface area contributed by atoms with E-state index >= 15 is 0 Å². The summed E-state index contributed by atoms with van der Waals surface area (Å²) in [5.74, 6) is 0.601. The lowest BCUT2D eigenvalue weighted by atomic mass is 9.72. The first-order valence-electron chi connectivity index (χ1n) is 10.4. The van der Waals surface area contributed by atoms with Crippen molar-refractivity contribution in [3.8, 4) is 0 Å². The van der Waals surface area contributed by atoms with Crippen LogP contribution in [0.25, 0.3) is 0 Å². The van der Waals surface area contributed by atoms with E-state index in [1.54, 1.807) is 0 Å². The van der Waals surface area contributed by atoms with Crippen LogP contribution < -0.4 is 5.73 Å². The monoisotopic (exact) mass is 340 g/mol. The molecule has 1 aliphatic rings. The maximum absolute atomic E-state index is 6.47. The molecule has 2 N–H and O–H groups in total. The summed E-state index contributed by atoms with van der Waals surface area (Å²) in [5, 5.41) is 2.29. The molecule has 0 aliphatic carbocycles. The fraction of sp³-hybridized carbons (Fsp3) is 1.00. The second-order valence-corrected chi connectivity index (χ2v) is 9.14. The first kappa shape index (κ1) is 21.9. The number of hydroxylamine groups is 2. The molecule has 0 aromatic carbocycles. The van der Waals surface area contributed by atoms with Crippen LogP contribution in [0.4, 0.5) is 0 Å². The van der Waals surface area contributed by atoms with Crippen LogP contribution in [0, 0.1) is 5.92 Å². The van der Waals surface area contributed by atoms with E-state index in [-0.39, 0.29) is 11.1 Å². The fourth-order valence-corrected chi connectivity index (χ4v) is 4.60. The Hall–Kier alpha value is -0.120. The molecule has 1 aliphatic heterocycles. The SMILES string of the molecule is CCCCCCCCON1C(C)(C)CC(C(N)CCC)CC1(C)C. The molecule has 1 atom stereocenters. The molecule has 144 valence electrons. The summed E-state index contributed by atoms with van der Waals surface area (Å²) in [4.78, 5) is 6.30. The van der Waals surface area contributed by atoms with Crippen molar-refractivity contribution in [1.82, 2.24) is 5.06 Å². The van der Waals surface area contributed by atoms with Gasteiger partial charge in [0.15, 0.2) is 0 Å². The molecule has 0 saturated carbocycles. The number of nitrogens with two attached hydrogens (primary N) is 1. The molecular weight excluding hydrogens is 296 g/mol. The third kappa shape index (κ3) is 6.65. The zero-order chi connectivity index (χ0) is 18.2. The summed E-state index contributed by atoms with van der Waals surface area (Å²) >= 11 is 0. The largest absolute Gasteiger partial charge is 0.327 e. The number of hydrogen-bond acceptors (Lipinski definition) is 3. The van der Waals surface area contributed by atoms with Crippen LogP contribution in [0.3, 0.4) is 0 Å². The Morgan fingerprint density at radius 2 is 1.46 bits per heavy atom. The second kappa shape index (κ2) is 10.1. The number of unbranched alkanes of at least 4 members (excludes halogenated alkanes) is 5. The molecule has 0 radical (unpaired) electrons. The van der Waals surface area contributed by atoms with Gasteiger partial charge in [-0.05, 0) is 59.3 Å². The Labute approximate surface area is 151 Å². The molecule has 3 nitrogen and oxygen atoms in total. The van der Waals surface area contributed by atoms with Crippen molar-refractivity contribution >= 4 is 0 Å². The van der Waals surface area contributed by atoms with Gasteiger partial charge < -0.3 is 5.73 Å². The Balaban J connectivity index is 2.49. The van der Waals surface area contributed by atoms with E-state index in [1.165, 1.54) is 44.9 Å². The van der Waals surface area contributed by atoms with Gasteiger partial charge in [0.2, 0.25) is 0 Å². The molecule has 1 fully saturated rings. The number of piperidine rings is 1. The van der Waals surface area contributed by atoms with Crippen molar-refractivity contribution in [3.63, 3.8) is 0 Å². The van der Waals surface area contributed by atoms with Gasteiger partial charge in [0.1, 0.15) is 0 Å². The molecule has 1 unspecified atom stereocenters. The van der Waals surface area contributed by atoms with Crippen LogP contribution in [-0.4, -0.2) is 28.8 Å². The van der Waals surface area contributed by atoms with E-state index < -0.39 is 0 Å². The third-order valence-corrected chi connectivity index (χ3v) is 5.57. The second-order valence-electron chi connectivity index (χ2n) is 9.14. The van der Waals surface area contributed by atoms with E-state index in [0.717, 1.165) is 25.9 Å². The fourth-order valence-electron chi connectivity index (χ4n) is 4.60. The number of rotatable bonds is 11. The minimum atomic E-state index is 0.0555.